The number of likely N-dealkylation sites (N-methyl/N-ethyl adjacent to an activating group) is 1. The second-order valence-electron chi connectivity index (χ2n) is 7.82. The first-order valence-corrected chi connectivity index (χ1v) is 9.25. The number of carboxylic acid groups (broad SMARTS) is 1. The third-order valence-corrected chi connectivity index (χ3v) is 4.47. The van der Waals surface area contributed by atoms with Crippen molar-refractivity contribution in [3.63, 3.8) is 0 Å². The molecule has 4 heteroatoms. The van der Waals surface area contributed by atoms with Crippen molar-refractivity contribution in [2.45, 2.75) is 86.7 Å². The lowest BCUT2D eigenvalue weighted by molar-refractivity contribution is -0.925. The molecule has 0 aromatic carbocycles. The molecule has 0 radical (unpaired) electrons. The van der Waals surface area contributed by atoms with E-state index in [9.17, 15) is 15.0 Å². The van der Waals surface area contributed by atoms with Crippen LogP contribution in [0.5, 0.6) is 0 Å². The molecule has 0 amide bonds. The number of carboxylic acids is 1. The highest BCUT2D eigenvalue weighted by atomic mass is 16.4. The molecular weight excluding hydrogens is 290 g/mol. The van der Waals surface area contributed by atoms with Crippen molar-refractivity contribution in [3.8, 4) is 0 Å². The summed E-state index contributed by atoms with van der Waals surface area (Å²) in [5.41, 5.74) is 0.376. The summed E-state index contributed by atoms with van der Waals surface area (Å²) in [6.07, 6.45) is 4.10. The quantitative estimate of drug-likeness (QED) is 0.494. The van der Waals surface area contributed by atoms with Crippen molar-refractivity contribution in [1.29, 1.82) is 0 Å². The summed E-state index contributed by atoms with van der Waals surface area (Å²) < 4.78 is 1.04. The molecule has 0 bridgehead atoms. The maximum atomic E-state index is 10.0. The summed E-state index contributed by atoms with van der Waals surface area (Å²) >= 11 is 0. The van der Waals surface area contributed by atoms with Gasteiger partial charge in [-0.15, -0.1) is 0 Å². The average molecular weight is 332 g/mol. The van der Waals surface area contributed by atoms with Gasteiger partial charge in [0.25, 0.3) is 0 Å². The molecule has 1 unspecified atom stereocenters. The van der Waals surface area contributed by atoms with E-state index in [-0.39, 0.29) is 12.5 Å². The summed E-state index contributed by atoms with van der Waals surface area (Å²) in [4.78, 5) is 10.0. The van der Waals surface area contributed by atoms with Crippen molar-refractivity contribution in [1.82, 2.24) is 0 Å². The fourth-order valence-electron chi connectivity index (χ4n) is 2.72. The second-order valence-corrected chi connectivity index (χ2v) is 7.82. The van der Waals surface area contributed by atoms with Crippen LogP contribution < -0.4 is 5.11 Å². The zero-order chi connectivity index (χ0) is 18.5. The van der Waals surface area contributed by atoms with Crippen molar-refractivity contribution in [2.24, 2.45) is 5.41 Å². The number of hydrogen-bond acceptors (Lipinski definition) is 3. The van der Waals surface area contributed by atoms with E-state index in [2.05, 4.69) is 41.5 Å². The maximum absolute atomic E-state index is 10.0. The number of hydrogen-bond donors (Lipinski definition) is 1. The third kappa shape index (κ3) is 16.0. The summed E-state index contributed by atoms with van der Waals surface area (Å²) in [5, 5.41) is 19.3. The van der Waals surface area contributed by atoms with Crippen LogP contribution in [0, 0.1) is 5.41 Å². The Morgan fingerprint density at radius 3 is 1.78 bits per heavy atom. The van der Waals surface area contributed by atoms with Crippen molar-refractivity contribution in [3.05, 3.63) is 0 Å². The number of carbonyl (C=O) groups excluding carboxylic acids is 1. The number of unbranched alkanes of at least 4 members (excludes halogenated alkanes) is 2. The van der Waals surface area contributed by atoms with Gasteiger partial charge >= 0.3 is 0 Å². The Hall–Kier alpha value is -0.610. The van der Waals surface area contributed by atoms with E-state index in [0.29, 0.717) is 5.41 Å². The normalized spacial score (nSPS) is 13.2. The van der Waals surface area contributed by atoms with Gasteiger partial charge in [-0.05, 0) is 52.4 Å². The van der Waals surface area contributed by atoms with Crippen LogP contribution >= 0.6 is 0 Å². The van der Waals surface area contributed by atoms with Crippen LogP contribution in [0.2, 0.25) is 0 Å². The van der Waals surface area contributed by atoms with E-state index in [1.807, 2.05) is 6.92 Å². The molecule has 1 N–H and O–H groups in total. The fourth-order valence-corrected chi connectivity index (χ4v) is 2.72. The number of carbonyl (C=O) groups is 1. The molecule has 4 nitrogen and oxygen atoms in total. The average Bonchev–Trinajstić information content (AvgIpc) is 2.43. The van der Waals surface area contributed by atoms with Gasteiger partial charge < -0.3 is 19.5 Å². The molecule has 0 saturated heterocycles. The molecular formula is C19H41NO3. The molecule has 0 aliphatic heterocycles. The van der Waals surface area contributed by atoms with E-state index in [4.69, 9.17) is 0 Å². The largest absolute Gasteiger partial charge is 0.550 e. The van der Waals surface area contributed by atoms with Gasteiger partial charge in [0, 0.05) is 5.97 Å². The highest BCUT2D eigenvalue weighted by Crippen LogP contribution is 2.22. The van der Waals surface area contributed by atoms with E-state index in [1.165, 1.54) is 6.42 Å². The highest BCUT2D eigenvalue weighted by Gasteiger charge is 2.22. The smallest absolute Gasteiger partial charge is 0.105 e. The van der Waals surface area contributed by atoms with Crippen LogP contribution in [0.1, 0.15) is 80.6 Å². The summed E-state index contributed by atoms with van der Waals surface area (Å²) in [5.74, 6) is -0.925. The standard InChI is InChI=1S/C10H20O2.C9H22NO/c1-10(2,3)8-6-4-5-7-9(11)12;1-5-10(6-2,7-3)8-9(4)11/h4-8H2,1-3H3,(H,11,12);9,11H,5-8H2,1-4H3/q;+1/p-1. The van der Waals surface area contributed by atoms with Crippen LogP contribution in [0.3, 0.4) is 0 Å². The van der Waals surface area contributed by atoms with Gasteiger partial charge in [-0.1, -0.05) is 33.6 Å². The minimum absolute atomic E-state index is 0.171. The predicted octanol–water partition coefficient (Wildman–Crippen LogP) is 2.98. The number of aliphatic carboxylic acids is 1. The minimum Gasteiger partial charge on any atom is -0.550 e. The third-order valence-electron chi connectivity index (χ3n) is 4.47. The molecule has 0 heterocycles. The van der Waals surface area contributed by atoms with Crippen molar-refractivity contribution < 1.29 is 19.5 Å². The number of quaternary nitrogens is 1. The highest BCUT2D eigenvalue weighted by molar-refractivity contribution is 5.63. The molecule has 0 rings (SSSR count). The van der Waals surface area contributed by atoms with Gasteiger partial charge in [0.15, 0.2) is 0 Å². The lowest BCUT2D eigenvalue weighted by atomic mass is 9.89. The van der Waals surface area contributed by atoms with Gasteiger partial charge in [-0.3, -0.25) is 0 Å². The van der Waals surface area contributed by atoms with E-state index >= 15 is 0 Å². The Morgan fingerprint density at radius 1 is 1.04 bits per heavy atom. The summed E-state index contributed by atoms with van der Waals surface area (Å²) in [6, 6.07) is 0. The monoisotopic (exact) mass is 331 g/mol. The van der Waals surface area contributed by atoms with E-state index < -0.39 is 5.97 Å². The Labute approximate surface area is 144 Å². The Morgan fingerprint density at radius 2 is 1.52 bits per heavy atom. The van der Waals surface area contributed by atoms with Crippen LogP contribution in [0.15, 0.2) is 0 Å². The van der Waals surface area contributed by atoms with Crippen molar-refractivity contribution in [2.75, 3.05) is 26.2 Å². The number of aliphatic hydroxyl groups is 1. The van der Waals surface area contributed by atoms with Crippen molar-refractivity contribution >= 4 is 5.97 Å². The Balaban J connectivity index is 0. The van der Waals surface area contributed by atoms with Crippen LogP contribution in [-0.4, -0.2) is 47.8 Å². The van der Waals surface area contributed by atoms with Gasteiger partial charge in [-0.25, -0.2) is 0 Å². The molecule has 23 heavy (non-hydrogen) atoms. The molecule has 0 aromatic heterocycles. The first kappa shape index (κ1) is 24.6. The second kappa shape index (κ2) is 12.8. The molecule has 0 aliphatic rings. The first-order valence-electron chi connectivity index (χ1n) is 9.25. The topological polar surface area (TPSA) is 60.4 Å². The zero-order valence-corrected chi connectivity index (χ0v) is 16.7. The predicted molar refractivity (Wildman–Crippen MR) is 96.0 cm³/mol. The molecule has 0 aliphatic carbocycles. The Bertz CT molecular complexity index is 283. The van der Waals surface area contributed by atoms with Gasteiger partial charge in [0.1, 0.15) is 12.6 Å². The number of rotatable bonds is 10. The molecule has 0 spiro atoms. The van der Waals surface area contributed by atoms with Crippen LogP contribution in [-0.2, 0) is 4.79 Å². The SMILES string of the molecule is CC(C)(C)CCCCCC(=O)[O-].CC[N+](CC)(CC)CC(C)O. The van der Waals surface area contributed by atoms with Crippen LogP contribution in [0.4, 0.5) is 0 Å². The van der Waals surface area contributed by atoms with Crippen LogP contribution in [0.25, 0.3) is 0 Å². The lowest BCUT2D eigenvalue weighted by Crippen LogP contribution is -2.51. The maximum Gasteiger partial charge on any atom is 0.105 e. The van der Waals surface area contributed by atoms with Gasteiger partial charge in [0.2, 0.25) is 0 Å². The molecule has 0 fully saturated rings. The van der Waals surface area contributed by atoms with Gasteiger partial charge in [-0.2, -0.15) is 0 Å². The number of aliphatic hydroxyl groups excluding tert-OH is 1. The molecule has 0 saturated carbocycles. The van der Waals surface area contributed by atoms with E-state index in [0.717, 1.165) is 49.9 Å². The fraction of sp³-hybridized carbons (Fsp3) is 0.947. The van der Waals surface area contributed by atoms with Gasteiger partial charge in [0.05, 0.1) is 19.6 Å². The molecule has 140 valence electrons. The zero-order valence-electron chi connectivity index (χ0n) is 16.7. The van der Waals surface area contributed by atoms with E-state index in [1.54, 1.807) is 0 Å². The Kier molecular flexibility index (Phi) is 13.7. The lowest BCUT2D eigenvalue weighted by Gasteiger charge is -2.36. The summed E-state index contributed by atoms with van der Waals surface area (Å²) in [7, 11) is 0. The molecule has 1 atom stereocenters. The minimum atomic E-state index is -0.925. The number of nitrogens with zero attached hydrogens (tertiary/aromatic N) is 1. The first-order chi connectivity index (χ1) is 10.5. The molecule has 0 aromatic rings. The summed E-state index contributed by atoms with van der Waals surface area (Å²) in [6.45, 7) is 19.3.